The highest BCUT2D eigenvalue weighted by atomic mass is 15.2. The highest BCUT2D eigenvalue weighted by Crippen LogP contribution is 2.26. The summed E-state index contributed by atoms with van der Waals surface area (Å²) in [6, 6.07) is 4.41. The maximum absolute atomic E-state index is 4.88. The van der Waals surface area contributed by atoms with Crippen LogP contribution in [0.1, 0.15) is 24.7 Å². The SMILES string of the molecule is CN(C)CCn1cc(-c2cccnc2)nc1C1CCCN1. The summed E-state index contributed by atoms with van der Waals surface area (Å²) in [7, 11) is 4.21. The molecule has 1 unspecified atom stereocenters. The first-order valence-electron chi connectivity index (χ1n) is 7.59. The number of imidazole rings is 1. The van der Waals surface area contributed by atoms with E-state index in [4.69, 9.17) is 4.98 Å². The summed E-state index contributed by atoms with van der Waals surface area (Å²) >= 11 is 0. The van der Waals surface area contributed by atoms with Gasteiger partial charge in [0.15, 0.2) is 0 Å². The van der Waals surface area contributed by atoms with Crippen molar-refractivity contribution in [2.75, 3.05) is 27.2 Å². The predicted molar refractivity (Wildman–Crippen MR) is 84.0 cm³/mol. The molecule has 5 nitrogen and oxygen atoms in total. The third kappa shape index (κ3) is 3.31. The van der Waals surface area contributed by atoms with Crippen molar-refractivity contribution in [1.29, 1.82) is 0 Å². The molecule has 0 aliphatic carbocycles. The van der Waals surface area contributed by atoms with Crippen LogP contribution in [0.3, 0.4) is 0 Å². The Labute approximate surface area is 126 Å². The monoisotopic (exact) mass is 285 g/mol. The Bertz CT molecular complexity index is 570. The lowest BCUT2D eigenvalue weighted by Gasteiger charge is -2.15. The summed E-state index contributed by atoms with van der Waals surface area (Å²) in [6.07, 6.45) is 8.24. The molecule has 1 atom stereocenters. The Balaban J connectivity index is 1.90. The smallest absolute Gasteiger partial charge is 0.126 e. The van der Waals surface area contributed by atoms with Crippen LogP contribution >= 0.6 is 0 Å². The normalized spacial score (nSPS) is 18.5. The van der Waals surface area contributed by atoms with Gasteiger partial charge in [-0.1, -0.05) is 0 Å². The second kappa shape index (κ2) is 6.37. The molecular weight excluding hydrogens is 262 g/mol. The van der Waals surface area contributed by atoms with Crippen molar-refractivity contribution in [3.05, 3.63) is 36.5 Å². The number of nitrogens with zero attached hydrogens (tertiary/aromatic N) is 4. The van der Waals surface area contributed by atoms with E-state index in [-0.39, 0.29) is 0 Å². The van der Waals surface area contributed by atoms with Crippen molar-refractivity contribution >= 4 is 0 Å². The van der Waals surface area contributed by atoms with E-state index in [0.29, 0.717) is 6.04 Å². The van der Waals surface area contributed by atoms with Crippen LogP contribution in [-0.4, -0.2) is 46.6 Å². The minimum atomic E-state index is 0.387. The molecule has 2 aromatic rings. The zero-order chi connectivity index (χ0) is 14.7. The molecule has 0 saturated carbocycles. The average Bonchev–Trinajstić information content (AvgIpc) is 3.15. The third-order valence-electron chi connectivity index (χ3n) is 3.92. The molecule has 1 fully saturated rings. The van der Waals surface area contributed by atoms with Gasteiger partial charge in [-0.05, 0) is 45.6 Å². The fourth-order valence-corrected chi connectivity index (χ4v) is 2.75. The minimum Gasteiger partial charge on any atom is -0.332 e. The Morgan fingerprint density at radius 2 is 2.33 bits per heavy atom. The first-order valence-corrected chi connectivity index (χ1v) is 7.59. The molecule has 1 N–H and O–H groups in total. The zero-order valence-corrected chi connectivity index (χ0v) is 12.8. The quantitative estimate of drug-likeness (QED) is 0.912. The highest BCUT2D eigenvalue weighted by molar-refractivity contribution is 5.57. The topological polar surface area (TPSA) is 46.0 Å². The van der Waals surface area contributed by atoms with Crippen molar-refractivity contribution in [3.8, 4) is 11.3 Å². The second-order valence-electron chi connectivity index (χ2n) is 5.87. The maximum atomic E-state index is 4.88. The summed E-state index contributed by atoms with van der Waals surface area (Å²) < 4.78 is 2.30. The van der Waals surface area contributed by atoms with Gasteiger partial charge in [0, 0.05) is 37.2 Å². The number of likely N-dealkylation sites (N-methyl/N-ethyl adjacent to an activating group) is 1. The van der Waals surface area contributed by atoms with E-state index in [0.717, 1.165) is 36.7 Å². The van der Waals surface area contributed by atoms with Crippen LogP contribution in [0.2, 0.25) is 0 Å². The molecule has 0 aromatic carbocycles. The third-order valence-corrected chi connectivity index (χ3v) is 3.92. The molecule has 1 aliphatic rings. The Kier molecular flexibility index (Phi) is 4.31. The van der Waals surface area contributed by atoms with E-state index in [1.807, 2.05) is 12.3 Å². The lowest BCUT2D eigenvalue weighted by atomic mass is 10.2. The number of hydrogen-bond donors (Lipinski definition) is 1. The maximum Gasteiger partial charge on any atom is 0.126 e. The number of pyridine rings is 1. The first kappa shape index (κ1) is 14.2. The van der Waals surface area contributed by atoms with Crippen LogP contribution in [0.25, 0.3) is 11.3 Å². The Hall–Kier alpha value is -1.72. The molecule has 5 heteroatoms. The molecule has 0 radical (unpaired) electrons. The first-order chi connectivity index (χ1) is 10.2. The van der Waals surface area contributed by atoms with E-state index in [2.05, 4.69) is 46.1 Å². The van der Waals surface area contributed by atoms with Crippen LogP contribution in [-0.2, 0) is 6.54 Å². The van der Waals surface area contributed by atoms with Crippen LogP contribution in [0.5, 0.6) is 0 Å². The second-order valence-corrected chi connectivity index (χ2v) is 5.87. The number of hydrogen-bond acceptors (Lipinski definition) is 4. The Morgan fingerprint density at radius 3 is 3.00 bits per heavy atom. The fourth-order valence-electron chi connectivity index (χ4n) is 2.75. The number of aromatic nitrogens is 3. The van der Waals surface area contributed by atoms with Crippen LogP contribution in [0.15, 0.2) is 30.7 Å². The van der Waals surface area contributed by atoms with Crippen molar-refractivity contribution in [3.63, 3.8) is 0 Å². The summed E-state index contributed by atoms with van der Waals surface area (Å²) in [6.45, 7) is 3.07. The highest BCUT2D eigenvalue weighted by Gasteiger charge is 2.22. The largest absolute Gasteiger partial charge is 0.332 e. The van der Waals surface area contributed by atoms with Gasteiger partial charge in [-0.3, -0.25) is 4.98 Å². The molecule has 3 heterocycles. The summed E-state index contributed by atoms with van der Waals surface area (Å²) in [4.78, 5) is 11.3. The lowest BCUT2D eigenvalue weighted by Crippen LogP contribution is -2.22. The Morgan fingerprint density at radius 1 is 1.43 bits per heavy atom. The van der Waals surface area contributed by atoms with Crippen molar-refractivity contribution < 1.29 is 0 Å². The average molecular weight is 285 g/mol. The van der Waals surface area contributed by atoms with Gasteiger partial charge < -0.3 is 14.8 Å². The van der Waals surface area contributed by atoms with Gasteiger partial charge in [0.1, 0.15) is 5.82 Å². The van der Waals surface area contributed by atoms with Crippen LogP contribution < -0.4 is 5.32 Å². The summed E-state index contributed by atoms with van der Waals surface area (Å²) in [5, 5.41) is 3.55. The van der Waals surface area contributed by atoms with E-state index in [1.54, 1.807) is 6.20 Å². The summed E-state index contributed by atoms with van der Waals surface area (Å²) in [5.74, 6) is 1.16. The number of nitrogens with one attached hydrogen (secondary N) is 1. The van der Waals surface area contributed by atoms with Crippen LogP contribution in [0, 0.1) is 0 Å². The molecule has 2 aromatic heterocycles. The standard InChI is InChI=1S/C16H23N5/c1-20(2)9-10-21-12-15(13-5-3-7-17-11-13)19-16(21)14-6-4-8-18-14/h3,5,7,11-12,14,18H,4,6,8-10H2,1-2H3. The lowest BCUT2D eigenvalue weighted by molar-refractivity contribution is 0.376. The molecular formula is C16H23N5. The van der Waals surface area contributed by atoms with Gasteiger partial charge in [0.05, 0.1) is 11.7 Å². The molecule has 112 valence electrons. The predicted octanol–water partition coefficient (Wildman–Crippen LogP) is 1.93. The molecule has 21 heavy (non-hydrogen) atoms. The van der Waals surface area contributed by atoms with E-state index in [9.17, 15) is 0 Å². The molecule has 0 amide bonds. The molecule has 1 aliphatic heterocycles. The van der Waals surface area contributed by atoms with Gasteiger partial charge in [-0.15, -0.1) is 0 Å². The van der Waals surface area contributed by atoms with Gasteiger partial charge in [0.2, 0.25) is 0 Å². The summed E-state index contributed by atoms with van der Waals surface area (Å²) in [5.41, 5.74) is 2.10. The molecule has 3 rings (SSSR count). The zero-order valence-electron chi connectivity index (χ0n) is 12.8. The molecule has 0 spiro atoms. The van der Waals surface area contributed by atoms with E-state index in [1.165, 1.54) is 12.8 Å². The van der Waals surface area contributed by atoms with Gasteiger partial charge in [0.25, 0.3) is 0 Å². The van der Waals surface area contributed by atoms with Crippen molar-refractivity contribution in [2.24, 2.45) is 0 Å². The minimum absolute atomic E-state index is 0.387. The van der Waals surface area contributed by atoms with Gasteiger partial charge >= 0.3 is 0 Å². The molecule has 0 bridgehead atoms. The molecule has 1 saturated heterocycles. The van der Waals surface area contributed by atoms with Crippen LogP contribution in [0.4, 0.5) is 0 Å². The van der Waals surface area contributed by atoms with Gasteiger partial charge in [-0.2, -0.15) is 0 Å². The van der Waals surface area contributed by atoms with Gasteiger partial charge in [-0.25, -0.2) is 4.98 Å². The fraction of sp³-hybridized carbons (Fsp3) is 0.500. The van der Waals surface area contributed by atoms with E-state index < -0.39 is 0 Å². The van der Waals surface area contributed by atoms with Crippen molar-refractivity contribution in [2.45, 2.75) is 25.4 Å². The van der Waals surface area contributed by atoms with Crippen molar-refractivity contribution in [1.82, 2.24) is 24.8 Å². The number of rotatable bonds is 5. The van der Waals surface area contributed by atoms with E-state index >= 15 is 0 Å².